The van der Waals surface area contributed by atoms with Crippen molar-refractivity contribution < 1.29 is 8.42 Å². The van der Waals surface area contributed by atoms with Gasteiger partial charge in [-0.25, -0.2) is 8.42 Å². The van der Waals surface area contributed by atoms with Crippen LogP contribution in [-0.2, 0) is 10.0 Å². The summed E-state index contributed by atoms with van der Waals surface area (Å²) in [5.74, 6) is 0.332. The number of piperidine rings is 1. The molecule has 2 aliphatic rings. The van der Waals surface area contributed by atoms with Gasteiger partial charge in [0.25, 0.3) is 10.0 Å². The standard InChI is InChI=1S/C13H15NO2S2/c15-18(16,13-8-4-10-17-13)14-9-3-6-11-5-1-2-7-12(11)14/h1-2,4-5,7-8,10-12H,3,6,9H2/t11-,12+/m0/s1. The van der Waals surface area contributed by atoms with E-state index in [1.165, 1.54) is 11.3 Å². The summed E-state index contributed by atoms with van der Waals surface area (Å²) in [4.78, 5) is 0. The van der Waals surface area contributed by atoms with Gasteiger partial charge in [0, 0.05) is 12.6 Å². The molecule has 1 aromatic heterocycles. The maximum Gasteiger partial charge on any atom is 0.253 e. The van der Waals surface area contributed by atoms with Gasteiger partial charge in [0.15, 0.2) is 0 Å². The number of fused-ring (bicyclic) bond motifs is 1. The fraction of sp³-hybridized carbons (Fsp3) is 0.385. The monoisotopic (exact) mass is 281 g/mol. The van der Waals surface area contributed by atoms with E-state index >= 15 is 0 Å². The minimum Gasteiger partial charge on any atom is -0.206 e. The van der Waals surface area contributed by atoms with Gasteiger partial charge in [0.05, 0.1) is 0 Å². The normalized spacial score (nSPS) is 28.2. The fourth-order valence-electron chi connectivity index (χ4n) is 2.66. The lowest BCUT2D eigenvalue weighted by Crippen LogP contribution is -2.47. The fourth-order valence-corrected chi connectivity index (χ4v) is 5.44. The van der Waals surface area contributed by atoms with Crippen molar-refractivity contribution in [2.45, 2.75) is 23.1 Å². The smallest absolute Gasteiger partial charge is 0.206 e. The van der Waals surface area contributed by atoms with Crippen molar-refractivity contribution >= 4 is 21.4 Å². The highest BCUT2D eigenvalue weighted by Crippen LogP contribution is 2.33. The van der Waals surface area contributed by atoms with E-state index in [-0.39, 0.29) is 6.04 Å². The van der Waals surface area contributed by atoms with Gasteiger partial charge >= 0.3 is 0 Å². The molecule has 0 saturated carbocycles. The summed E-state index contributed by atoms with van der Waals surface area (Å²) in [6.45, 7) is 0.625. The second-order valence-corrected chi connectivity index (χ2v) is 7.68. The zero-order valence-corrected chi connectivity index (χ0v) is 11.5. The third-order valence-electron chi connectivity index (χ3n) is 3.52. The zero-order valence-electron chi connectivity index (χ0n) is 9.90. The van der Waals surface area contributed by atoms with Crippen LogP contribution < -0.4 is 0 Å². The molecule has 5 heteroatoms. The SMILES string of the molecule is O=S(=O)(c1cccs1)N1CCC[C@@H]2C=CC=C[C@H]21. The second-order valence-electron chi connectivity index (χ2n) is 4.61. The predicted molar refractivity (Wildman–Crippen MR) is 73.0 cm³/mol. The molecule has 0 aromatic carbocycles. The van der Waals surface area contributed by atoms with Crippen molar-refractivity contribution in [3.05, 3.63) is 41.8 Å². The third kappa shape index (κ3) is 1.96. The molecule has 1 aromatic rings. The lowest BCUT2D eigenvalue weighted by molar-refractivity contribution is 0.242. The first-order chi connectivity index (χ1) is 8.69. The number of sulfonamides is 1. The highest BCUT2D eigenvalue weighted by atomic mass is 32.2. The molecule has 1 saturated heterocycles. The topological polar surface area (TPSA) is 37.4 Å². The quantitative estimate of drug-likeness (QED) is 0.835. The molecule has 0 radical (unpaired) electrons. The molecule has 96 valence electrons. The van der Waals surface area contributed by atoms with Crippen LogP contribution in [0, 0.1) is 5.92 Å². The van der Waals surface area contributed by atoms with Crippen molar-refractivity contribution in [1.82, 2.24) is 4.31 Å². The van der Waals surface area contributed by atoms with Crippen LogP contribution in [0.5, 0.6) is 0 Å². The predicted octanol–water partition coefficient (Wildman–Crippen LogP) is 2.64. The van der Waals surface area contributed by atoms with E-state index < -0.39 is 10.0 Å². The van der Waals surface area contributed by atoms with Crippen LogP contribution in [-0.4, -0.2) is 25.3 Å². The first kappa shape index (κ1) is 12.1. The first-order valence-corrected chi connectivity index (χ1v) is 8.42. The number of allylic oxidation sites excluding steroid dienone is 2. The summed E-state index contributed by atoms with van der Waals surface area (Å²) in [5, 5.41) is 1.81. The van der Waals surface area contributed by atoms with Crippen LogP contribution in [0.3, 0.4) is 0 Å². The molecule has 1 aliphatic carbocycles. The Balaban J connectivity index is 1.96. The summed E-state index contributed by atoms with van der Waals surface area (Å²) in [6, 6.07) is 3.47. The Morgan fingerprint density at radius 3 is 2.89 bits per heavy atom. The summed E-state index contributed by atoms with van der Waals surface area (Å²) in [7, 11) is -3.32. The van der Waals surface area contributed by atoms with Gasteiger partial charge in [-0.05, 0) is 30.2 Å². The van der Waals surface area contributed by atoms with Crippen LogP contribution >= 0.6 is 11.3 Å². The largest absolute Gasteiger partial charge is 0.253 e. The van der Waals surface area contributed by atoms with Gasteiger partial charge in [-0.3, -0.25) is 0 Å². The highest BCUT2D eigenvalue weighted by molar-refractivity contribution is 7.91. The molecule has 1 aliphatic heterocycles. The molecule has 1 fully saturated rings. The Kier molecular flexibility index (Phi) is 3.13. The number of hydrogen-bond acceptors (Lipinski definition) is 3. The van der Waals surface area contributed by atoms with E-state index in [1.54, 1.807) is 16.4 Å². The Bertz CT molecular complexity index is 572. The molecule has 2 heterocycles. The van der Waals surface area contributed by atoms with Gasteiger partial charge in [-0.15, -0.1) is 11.3 Å². The van der Waals surface area contributed by atoms with E-state index in [1.807, 2.05) is 23.6 Å². The maximum atomic E-state index is 12.6. The Morgan fingerprint density at radius 1 is 1.28 bits per heavy atom. The van der Waals surface area contributed by atoms with Gasteiger partial charge in [-0.1, -0.05) is 30.4 Å². The van der Waals surface area contributed by atoms with Crippen LogP contribution in [0.2, 0.25) is 0 Å². The van der Waals surface area contributed by atoms with E-state index in [0.717, 1.165) is 12.8 Å². The van der Waals surface area contributed by atoms with Gasteiger partial charge in [-0.2, -0.15) is 4.31 Å². The lowest BCUT2D eigenvalue weighted by Gasteiger charge is -2.38. The summed E-state index contributed by atoms with van der Waals surface area (Å²) in [5.41, 5.74) is 0. The Morgan fingerprint density at radius 2 is 2.11 bits per heavy atom. The molecular formula is C13H15NO2S2. The van der Waals surface area contributed by atoms with Gasteiger partial charge in [0.2, 0.25) is 0 Å². The van der Waals surface area contributed by atoms with Crippen molar-refractivity contribution in [3.63, 3.8) is 0 Å². The average Bonchev–Trinajstić information content (AvgIpc) is 2.92. The molecule has 0 spiro atoms. The summed E-state index contributed by atoms with van der Waals surface area (Å²) >= 11 is 1.29. The average molecular weight is 281 g/mol. The van der Waals surface area contributed by atoms with Gasteiger partial charge in [0.1, 0.15) is 4.21 Å². The minimum absolute atomic E-state index is 0.00384. The number of nitrogens with zero attached hydrogens (tertiary/aromatic N) is 1. The van der Waals surface area contributed by atoms with Crippen LogP contribution in [0.15, 0.2) is 46.0 Å². The van der Waals surface area contributed by atoms with E-state index in [4.69, 9.17) is 0 Å². The molecule has 18 heavy (non-hydrogen) atoms. The van der Waals surface area contributed by atoms with Crippen LogP contribution in [0.25, 0.3) is 0 Å². The highest BCUT2D eigenvalue weighted by Gasteiger charge is 2.37. The van der Waals surface area contributed by atoms with Crippen LogP contribution in [0.1, 0.15) is 12.8 Å². The maximum absolute atomic E-state index is 12.6. The summed E-state index contributed by atoms with van der Waals surface area (Å²) < 4.78 is 27.3. The molecule has 0 amide bonds. The molecule has 0 N–H and O–H groups in total. The van der Waals surface area contributed by atoms with E-state index in [9.17, 15) is 8.42 Å². The molecule has 2 atom stereocenters. The first-order valence-electron chi connectivity index (χ1n) is 6.10. The van der Waals surface area contributed by atoms with Crippen molar-refractivity contribution in [2.24, 2.45) is 5.92 Å². The Hall–Kier alpha value is -0.910. The van der Waals surface area contributed by atoms with Gasteiger partial charge < -0.3 is 0 Å². The van der Waals surface area contributed by atoms with Crippen LogP contribution in [0.4, 0.5) is 0 Å². The van der Waals surface area contributed by atoms with Crippen molar-refractivity contribution in [1.29, 1.82) is 0 Å². The molecule has 3 nitrogen and oxygen atoms in total. The third-order valence-corrected chi connectivity index (χ3v) is 6.79. The minimum atomic E-state index is -3.32. The molecule has 0 unspecified atom stereocenters. The number of rotatable bonds is 2. The number of thiophene rings is 1. The number of hydrogen-bond donors (Lipinski definition) is 0. The van der Waals surface area contributed by atoms with E-state index in [2.05, 4.69) is 6.08 Å². The Labute approximate surface area is 111 Å². The van der Waals surface area contributed by atoms with Crippen molar-refractivity contribution in [3.8, 4) is 0 Å². The molecule has 3 rings (SSSR count). The van der Waals surface area contributed by atoms with E-state index in [0.29, 0.717) is 16.7 Å². The van der Waals surface area contributed by atoms with Crippen molar-refractivity contribution in [2.75, 3.05) is 6.54 Å². The lowest BCUT2D eigenvalue weighted by atomic mass is 9.88. The molecule has 0 bridgehead atoms. The second kappa shape index (κ2) is 4.64. The zero-order chi connectivity index (χ0) is 12.6. The summed E-state index contributed by atoms with van der Waals surface area (Å²) in [6.07, 6.45) is 10.1. The molecular weight excluding hydrogens is 266 g/mol.